The van der Waals surface area contributed by atoms with Gasteiger partial charge in [-0.1, -0.05) is 6.92 Å². The molecular formula is C13H23N3OS2. The van der Waals surface area contributed by atoms with Gasteiger partial charge in [0.05, 0.1) is 12.3 Å². The number of thioether (sulfide) groups is 1. The average Bonchev–Trinajstić information content (AvgIpc) is 2.65. The molecule has 1 saturated heterocycles. The Hall–Kier alpha value is -0.300. The van der Waals surface area contributed by atoms with Crippen molar-refractivity contribution in [2.75, 3.05) is 43.1 Å². The lowest BCUT2D eigenvalue weighted by Crippen LogP contribution is -2.25. The number of nitrogens with one attached hydrogen (secondary N) is 1. The third-order valence-corrected chi connectivity index (χ3v) is 5.28. The van der Waals surface area contributed by atoms with Crippen LogP contribution in [0.3, 0.4) is 0 Å². The van der Waals surface area contributed by atoms with E-state index in [1.807, 2.05) is 23.1 Å². The van der Waals surface area contributed by atoms with Gasteiger partial charge in [0.15, 0.2) is 5.13 Å². The minimum Gasteiger partial charge on any atom is -0.378 e. The van der Waals surface area contributed by atoms with Crippen LogP contribution in [0.2, 0.25) is 0 Å². The summed E-state index contributed by atoms with van der Waals surface area (Å²) >= 11 is 3.87. The maximum atomic E-state index is 5.27. The van der Waals surface area contributed by atoms with Gasteiger partial charge in [-0.25, -0.2) is 4.98 Å². The van der Waals surface area contributed by atoms with Crippen molar-refractivity contribution in [3.63, 3.8) is 0 Å². The Morgan fingerprint density at radius 2 is 2.26 bits per heavy atom. The number of ether oxygens (including phenoxy) is 1. The molecule has 0 atom stereocenters. The Kier molecular flexibility index (Phi) is 6.43. The molecule has 108 valence electrons. The summed E-state index contributed by atoms with van der Waals surface area (Å²) in [6, 6.07) is 0. The Bertz CT molecular complexity index is 376. The van der Waals surface area contributed by atoms with Crippen LogP contribution >= 0.6 is 23.1 Å². The SMILES string of the molecule is CCNCc1sc(N2CCCSCC2)nc1COC. The molecule has 1 aromatic heterocycles. The summed E-state index contributed by atoms with van der Waals surface area (Å²) in [5.41, 5.74) is 1.10. The minimum absolute atomic E-state index is 0.611. The van der Waals surface area contributed by atoms with E-state index in [1.54, 1.807) is 7.11 Å². The van der Waals surface area contributed by atoms with E-state index in [9.17, 15) is 0 Å². The van der Waals surface area contributed by atoms with Crippen molar-refractivity contribution in [2.45, 2.75) is 26.5 Å². The molecule has 0 saturated carbocycles. The largest absolute Gasteiger partial charge is 0.378 e. The number of nitrogens with zero attached hydrogens (tertiary/aromatic N) is 2. The first-order chi connectivity index (χ1) is 9.35. The normalized spacial score (nSPS) is 16.6. The van der Waals surface area contributed by atoms with Gasteiger partial charge in [-0.2, -0.15) is 11.8 Å². The molecule has 6 heteroatoms. The van der Waals surface area contributed by atoms with Crippen molar-refractivity contribution < 1.29 is 4.74 Å². The Labute approximate surface area is 123 Å². The highest BCUT2D eigenvalue weighted by atomic mass is 32.2. The second-order valence-corrected chi connectivity index (χ2v) is 6.82. The first kappa shape index (κ1) is 15.1. The summed E-state index contributed by atoms with van der Waals surface area (Å²) in [4.78, 5) is 8.53. The fourth-order valence-corrected chi connectivity index (χ4v) is 4.04. The number of methoxy groups -OCH3 is 1. The second-order valence-electron chi connectivity index (χ2n) is 4.53. The van der Waals surface area contributed by atoms with E-state index in [-0.39, 0.29) is 0 Å². The third-order valence-electron chi connectivity index (χ3n) is 3.08. The van der Waals surface area contributed by atoms with Crippen molar-refractivity contribution in [2.24, 2.45) is 0 Å². The zero-order chi connectivity index (χ0) is 13.5. The molecule has 0 unspecified atom stereocenters. The second kappa shape index (κ2) is 8.09. The Morgan fingerprint density at radius 3 is 3.05 bits per heavy atom. The zero-order valence-corrected chi connectivity index (χ0v) is 13.4. The van der Waals surface area contributed by atoms with E-state index in [1.165, 1.54) is 27.9 Å². The van der Waals surface area contributed by atoms with Gasteiger partial charge in [0.2, 0.25) is 0 Å². The van der Waals surface area contributed by atoms with E-state index < -0.39 is 0 Å². The number of anilines is 1. The van der Waals surface area contributed by atoms with Crippen LogP contribution < -0.4 is 10.2 Å². The van der Waals surface area contributed by atoms with Gasteiger partial charge in [-0.15, -0.1) is 11.3 Å². The van der Waals surface area contributed by atoms with Gasteiger partial charge in [0.25, 0.3) is 0 Å². The molecule has 1 N–H and O–H groups in total. The Morgan fingerprint density at radius 1 is 1.37 bits per heavy atom. The highest BCUT2D eigenvalue weighted by molar-refractivity contribution is 7.99. The highest BCUT2D eigenvalue weighted by Crippen LogP contribution is 2.28. The number of hydrogen-bond acceptors (Lipinski definition) is 6. The van der Waals surface area contributed by atoms with Crippen LogP contribution in [0.1, 0.15) is 23.9 Å². The molecule has 19 heavy (non-hydrogen) atoms. The van der Waals surface area contributed by atoms with Crippen LogP contribution in [0, 0.1) is 0 Å². The monoisotopic (exact) mass is 301 g/mol. The minimum atomic E-state index is 0.611. The van der Waals surface area contributed by atoms with Crippen molar-refractivity contribution in [1.82, 2.24) is 10.3 Å². The summed E-state index contributed by atoms with van der Waals surface area (Å²) in [7, 11) is 1.73. The maximum absolute atomic E-state index is 5.27. The predicted octanol–water partition coefficient (Wildman–Crippen LogP) is 2.34. The van der Waals surface area contributed by atoms with Crippen molar-refractivity contribution in [3.05, 3.63) is 10.6 Å². The molecule has 0 bridgehead atoms. The summed E-state index contributed by atoms with van der Waals surface area (Å²) in [6.45, 7) is 6.87. The lowest BCUT2D eigenvalue weighted by molar-refractivity contribution is 0.181. The van der Waals surface area contributed by atoms with Crippen LogP contribution in [-0.4, -0.2) is 43.2 Å². The van der Waals surface area contributed by atoms with Crippen molar-refractivity contribution in [1.29, 1.82) is 0 Å². The van der Waals surface area contributed by atoms with E-state index in [0.717, 1.165) is 31.9 Å². The molecule has 0 amide bonds. The van der Waals surface area contributed by atoms with E-state index in [2.05, 4.69) is 17.1 Å². The van der Waals surface area contributed by atoms with Gasteiger partial charge in [0, 0.05) is 37.4 Å². The zero-order valence-electron chi connectivity index (χ0n) is 11.8. The highest BCUT2D eigenvalue weighted by Gasteiger charge is 2.17. The number of aromatic nitrogens is 1. The number of rotatable bonds is 6. The molecule has 0 aliphatic carbocycles. The van der Waals surface area contributed by atoms with Crippen LogP contribution in [0.15, 0.2) is 0 Å². The lowest BCUT2D eigenvalue weighted by atomic mass is 10.3. The smallest absolute Gasteiger partial charge is 0.185 e. The summed E-state index contributed by atoms with van der Waals surface area (Å²) in [5.74, 6) is 2.48. The van der Waals surface area contributed by atoms with Crippen molar-refractivity contribution >= 4 is 28.2 Å². The number of thiazole rings is 1. The molecule has 1 aliphatic rings. The van der Waals surface area contributed by atoms with Gasteiger partial charge >= 0.3 is 0 Å². The average molecular weight is 301 g/mol. The quantitative estimate of drug-likeness (QED) is 0.873. The molecule has 1 fully saturated rings. The third kappa shape index (κ3) is 4.34. The van der Waals surface area contributed by atoms with Gasteiger partial charge in [0.1, 0.15) is 0 Å². The van der Waals surface area contributed by atoms with Crippen LogP contribution in [0.4, 0.5) is 5.13 Å². The summed E-state index contributed by atoms with van der Waals surface area (Å²) in [5, 5.41) is 4.55. The number of hydrogen-bond donors (Lipinski definition) is 1. The fourth-order valence-electron chi connectivity index (χ4n) is 2.07. The van der Waals surface area contributed by atoms with Crippen LogP contribution in [0.5, 0.6) is 0 Å². The molecule has 1 aromatic rings. The first-order valence-corrected chi connectivity index (χ1v) is 8.83. The molecular weight excluding hydrogens is 278 g/mol. The van der Waals surface area contributed by atoms with Crippen LogP contribution in [0.25, 0.3) is 0 Å². The Balaban J connectivity index is 2.10. The maximum Gasteiger partial charge on any atom is 0.185 e. The lowest BCUT2D eigenvalue weighted by Gasteiger charge is -2.18. The van der Waals surface area contributed by atoms with Gasteiger partial charge in [-0.3, -0.25) is 0 Å². The fraction of sp³-hybridized carbons (Fsp3) is 0.769. The molecule has 1 aliphatic heterocycles. The standard InChI is InChI=1S/C13H23N3OS2/c1-3-14-9-12-11(10-17-2)15-13(19-12)16-5-4-7-18-8-6-16/h14H,3-10H2,1-2H3. The van der Waals surface area contributed by atoms with E-state index >= 15 is 0 Å². The van der Waals surface area contributed by atoms with Crippen LogP contribution in [-0.2, 0) is 17.9 Å². The van der Waals surface area contributed by atoms with E-state index in [4.69, 9.17) is 9.72 Å². The molecule has 0 radical (unpaired) electrons. The summed E-state index contributed by atoms with van der Waals surface area (Å²) in [6.07, 6.45) is 1.26. The summed E-state index contributed by atoms with van der Waals surface area (Å²) < 4.78 is 5.27. The first-order valence-electron chi connectivity index (χ1n) is 6.86. The predicted molar refractivity (Wildman–Crippen MR) is 84.4 cm³/mol. The van der Waals surface area contributed by atoms with Gasteiger partial charge in [-0.05, 0) is 18.7 Å². The molecule has 4 nitrogen and oxygen atoms in total. The van der Waals surface area contributed by atoms with Crippen molar-refractivity contribution in [3.8, 4) is 0 Å². The topological polar surface area (TPSA) is 37.4 Å². The molecule has 0 spiro atoms. The van der Waals surface area contributed by atoms with Gasteiger partial charge < -0.3 is 15.0 Å². The van der Waals surface area contributed by atoms with E-state index in [0.29, 0.717) is 6.61 Å². The molecule has 2 heterocycles. The molecule has 0 aromatic carbocycles. The molecule has 2 rings (SSSR count).